The second-order valence-electron chi connectivity index (χ2n) is 5.75. The van der Waals surface area contributed by atoms with Crippen molar-refractivity contribution in [1.82, 2.24) is 0 Å². The van der Waals surface area contributed by atoms with E-state index in [0.717, 1.165) is 5.39 Å². The van der Waals surface area contributed by atoms with Gasteiger partial charge in [0, 0.05) is 6.42 Å². The minimum absolute atomic E-state index is 0.173. The van der Waals surface area contributed by atoms with Crippen LogP contribution in [0.3, 0.4) is 0 Å². The molecule has 0 aliphatic rings. The van der Waals surface area contributed by atoms with Gasteiger partial charge in [0.05, 0.1) is 18.6 Å². The largest absolute Gasteiger partial charge is 0.465 e. The molecule has 6 nitrogen and oxygen atoms in total. The van der Waals surface area contributed by atoms with Crippen molar-refractivity contribution >= 4 is 22.7 Å². The summed E-state index contributed by atoms with van der Waals surface area (Å²) in [4.78, 5) is 36.4. The molecule has 6 heteroatoms. The second-order valence-corrected chi connectivity index (χ2v) is 5.75. The van der Waals surface area contributed by atoms with Crippen molar-refractivity contribution in [2.45, 2.75) is 27.2 Å². The van der Waals surface area contributed by atoms with Gasteiger partial charge in [-0.2, -0.15) is 0 Å². The zero-order valence-corrected chi connectivity index (χ0v) is 14.6. The highest BCUT2D eigenvalue weighted by Crippen LogP contribution is 2.22. The monoisotopic (exact) mass is 346 g/mol. The Labute approximate surface area is 145 Å². The minimum atomic E-state index is -1.06. The van der Waals surface area contributed by atoms with Crippen LogP contribution in [0.5, 0.6) is 0 Å². The van der Waals surface area contributed by atoms with Crippen LogP contribution in [-0.4, -0.2) is 25.2 Å². The van der Waals surface area contributed by atoms with Crippen LogP contribution in [0.4, 0.5) is 0 Å². The number of benzene rings is 1. The van der Waals surface area contributed by atoms with Crippen molar-refractivity contribution in [3.05, 3.63) is 46.5 Å². The zero-order valence-electron chi connectivity index (χ0n) is 14.6. The van der Waals surface area contributed by atoms with Crippen LogP contribution in [0.1, 0.15) is 26.5 Å². The summed E-state index contributed by atoms with van der Waals surface area (Å²) in [6, 6.07) is 8.84. The Kier molecular flexibility index (Phi) is 6.33. The Balaban J connectivity index is 2.27. The van der Waals surface area contributed by atoms with Crippen LogP contribution in [0.15, 0.2) is 39.5 Å². The smallest absolute Gasteiger partial charge is 0.343 e. The Morgan fingerprint density at radius 2 is 1.68 bits per heavy atom. The third kappa shape index (κ3) is 4.47. The van der Waals surface area contributed by atoms with Crippen LogP contribution in [0, 0.1) is 11.8 Å². The van der Waals surface area contributed by atoms with Gasteiger partial charge in [-0.15, -0.1) is 0 Å². The summed E-state index contributed by atoms with van der Waals surface area (Å²) < 4.78 is 15.3. The van der Waals surface area contributed by atoms with E-state index in [1.54, 1.807) is 39.0 Å². The quantitative estimate of drug-likeness (QED) is 0.566. The van der Waals surface area contributed by atoms with Crippen molar-refractivity contribution in [2.24, 2.45) is 11.8 Å². The molecule has 0 spiro atoms. The number of carbonyl (C=O) groups is 2. The topological polar surface area (TPSA) is 82.8 Å². The molecule has 0 aliphatic carbocycles. The zero-order chi connectivity index (χ0) is 18.4. The average molecular weight is 346 g/mol. The number of hydrogen-bond acceptors (Lipinski definition) is 6. The summed E-state index contributed by atoms with van der Waals surface area (Å²) in [5.41, 5.74) is -0.441. The number of ether oxygens (including phenoxy) is 2. The van der Waals surface area contributed by atoms with E-state index in [-0.39, 0.29) is 19.6 Å². The molecule has 1 aromatic heterocycles. The maximum atomic E-state index is 12.2. The van der Waals surface area contributed by atoms with Crippen LogP contribution in [0.2, 0.25) is 0 Å². The summed E-state index contributed by atoms with van der Waals surface area (Å²) in [5.74, 6) is -2.35. The fourth-order valence-electron chi connectivity index (χ4n) is 2.75. The van der Waals surface area contributed by atoms with Crippen molar-refractivity contribution in [2.75, 3.05) is 13.2 Å². The predicted octanol–water partition coefficient (Wildman–Crippen LogP) is 2.71. The fraction of sp³-hybridized carbons (Fsp3) is 0.421. The summed E-state index contributed by atoms with van der Waals surface area (Å²) in [7, 11) is 0. The van der Waals surface area contributed by atoms with Gasteiger partial charge in [0.2, 0.25) is 0 Å². The number of carbonyl (C=O) groups excluding carboxylic acids is 2. The molecule has 1 unspecified atom stereocenters. The number of hydrogen-bond donors (Lipinski definition) is 0. The first-order valence-electron chi connectivity index (χ1n) is 8.32. The molecule has 0 amide bonds. The molecule has 0 N–H and O–H groups in total. The third-order valence-corrected chi connectivity index (χ3v) is 3.89. The molecule has 134 valence electrons. The number of fused-ring (bicyclic) bond motifs is 1. The van der Waals surface area contributed by atoms with Gasteiger partial charge in [0.25, 0.3) is 0 Å². The van der Waals surface area contributed by atoms with Gasteiger partial charge in [0.1, 0.15) is 5.76 Å². The molecule has 0 saturated heterocycles. The molecule has 1 aromatic carbocycles. The Hall–Kier alpha value is -2.63. The molecule has 0 radical (unpaired) electrons. The summed E-state index contributed by atoms with van der Waals surface area (Å²) >= 11 is 0. The standard InChI is InChI=1S/C19H22O6/c1-4-23-18(21)16(19(22)24-5-2)12(3)10-14-11-13-8-6-7-9-15(13)17(20)25-14/h6-9,11-12,16H,4-5,10H2,1-3H3. The van der Waals surface area contributed by atoms with E-state index < -0.39 is 29.4 Å². The SMILES string of the molecule is CCOC(=O)C(C(=O)OCC)C(C)Cc1cc2ccccc2c(=O)o1. The van der Waals surface area contributed by atoms with Crippen LogP contribution < -0.4 is 5.63 Å². The van der Waals surface area contributed by atoms with E-state index in [2.05, 4.69) is 0 Å². The Morgan fingerprint density at radius 3 is 2.28 bits per heavy atom. The van der Waals surface area contributed by atoms with Gasteiger partial charge in [-0.25, -0.2) is 4.79 Å². The van der Waals surface area contributed by atoms with Gasteiger partial charge in [-0.1, -0.05) is 25.1 Å². The normalized spacial score (nSPS) is 12.2. The summed E-state index contributed by atoms with van der Waals surface area (Å²) in [5, 5.41) is 1.25. The first-order chi connectivity index (χ1) is 12.0. The van der Waals surface area contributed by atoms with Gasteiger partial charge >= 0.3 is 17.6 Å². The van der Waals surface area contributed by atoms with Crippen LogP contribution >= 0.6 is 0 Å². The molecular formula is C19H22O6. The molecule has 1 heterocycles. The summed E-state index contributed by atoms with van der Waals surface area (Å²) in [6.45, 7) is 5.42. The number of rotatable bonds is 7. The van der Waals surface area contributed by atoms with Crippen molar-refractivity contribution in [3.63, 3.8) is 0 Å². The molecule has 2 aromatic rings. The van der Waals surface area contributed by atoms with E-state index in [1.165, 1.54) is 0 Å². The van der Waals surface area contributed by atoms with E-state index in [9.17, 15) is 14.4 Å². The van der Waals surface area contributed by atoms with Crippen molar-refractivity contribution < 1.29 is 23.5 Å². The van der Waals surface area contributed by atoms with Crippen LogP contribution in [0.25, 0.3) is 10.8 Å². The number of esters is 2. The van der Waals surface area contributed by atoms with E-state index in [1.807, 2.05) is 12.1 Å². The average Bonchev–Trinajstić information content (AvgIpc) is 2.55. The molecule has 0 aliphatic heterocycles. The van der Waals surface area contributed by atoms with E-state index in [4.69, 9.17) is 13.9 Å². The third-order valence-electron chi connectivity index (χ3n) is 3.89. The first kappa shape index (κ1) is 18.7. The van der Waals surface area contributed by atoms with E-state index >= 15 is 0 Å². The second kappa shape index (κ2) is 8.46. The minimum Gasteiger partial charge on any atom is -0.465 e. The lowest BCUT2D eigenvalue weighted by Gasteiger charge is -2.20. The molecule has 0 saturated carbocycles. The lowest BCUT2D eigenvalue weighted by atomic mass is 9.90. The maximum Gasteiger partial charge on any atom is 0.343 e. The first-order valence-corrected chi connectivity index (χ1v) is 8.32. The van der Waals surface area contributed by atoms with Crippen LogP contribution in [-0.2, 0) is 25.5 Å². The molecule has 25 heavy (non-hydrogen) atoms. The molecule has 0 fully saturated rings. The Bertz CT molecular complexity index is 789. The maximum absolute atomic E-state index is 12.2. The Morgan fingerprint density at radius 1 is 1.08 bits per heavy atom. The van der Waals surface area contributed by atoms with Gasteiger partial charge in [-0.05, 0) is 37.3 Å². The molecular weight excluding hydrogens is 324 g/mol. The van der Waals surface area contributed by atoms with Gasteiger partial charge in [0.15, 0.2) is 5.92 Å². The highest BCUT2D eigenvalue weighted by atomic mass is 16.6. The summed E-state index contributed by atoms with van der Waals surface area (Å²) in [6.07, 6.45) is 0.238. The van der Waals surface area contributed by atoms with Crippen molar-refractivity contribution in [3.8, 4) is 0 Å². The van der Waals surface area contributed by atoms with Gasteiger partial charge in [-0.3, -0.25) is 9.59 Å². The molecule has 0 bridgehead atoms. The lowest BCUT2D eigenvalue weighted by Crippen LogP contribution is -2.34. The lowest BCUT2D eigenvalue weighted by molar-refractivity contribution is -0.164. The molecule has 2 rings (SSSR count). The highest BCUT2D eigenvalue weighted by molar-refractivity contribution is 5.95. The van der Waals surface area contributed by atoms with E-state index in [0.29, 0.717) is 11.1 Å². The van der Waals surface area contributed by atoms with Gasteiger partial charge < -0.3 is 13.9 Å². The predicted molar refractivity (Wildman–Crippen MR) is 92.1 cm³/mol. The highest BCUT2D eigenvalue weighted by Gasteiger charge is 2.35. The van der Waals surface area contributed by atoms with Crippen molar-refractivity contribution in [1.29, 1.82) is 0 Å². The molecule has 1 atom stereocenters. The fourth-order valence-corrected chi connectivity index (χ4v) is 2.75.